The molecule has 0 fully saturated rings. The lowest BCUT2D eigenvalue weighted by atomic mass is 10.1. The summed E-state index contributed by atoms with van der Waals surface area (Å²) in [6.07, 6.45) is 5.77. The largest absolute Gasteiger partial charge is 0.497 e. The second kappa shape index (κ2) is 8.68. The summed E-state index contributed by atoms with van der Waals surface area (Å²) < 4.78 is 9.90. The molecule has 1 aliphatic carbocycles. The lowest BCUT2D eigenvalue weighted by Gasteiger charge is -2.24. The van der Waals surface area contributed by atoms with Gasteiger partial charge in [0.25, 0.3) is 0 Å². The second-order valence-corrected chi connectivity index (χ2v) is 8.39. The van der Waals surface area contributed by atoms with Crippen LogP contribution in [0.25, 0.3) is 17.1 Å². The predicted molar refractivity (Wildman–Crippen MR) is 127 cm³/mol. The van der Waals surface area contributed by atoms with E-state index >= 15 is 0 Å². The molecule has 0 spiro atoms. The Hall–Kier alpha value is -3.29. The number of aryl methyl sites for hydroxylation is 1. The number of hydrogen-bond acceptors (Lipinski definition) is 5. The van der Waals surface area contributed by atoms with Gasteiger partial charge in [-0.25, -0.2) is 4.68 Å². The standard InChI is InChI=1S/C25H25N5OS/c1-28(23-12-7-18-5-3-4-6-22(18)23)17-29-25(32)30(20-8-10-21(31-2)11-9-20)24(27-29)19-13-15-26-16-14-19/h3-6,8-11,13-16,23H,7,12,17H2,1-2H3. The molecule has 0 radical (unpaired) electrons. The molecule has 2 heterocycles. The lowest BCUT2D eigenvalue weighted by Crippen LogP contribution is -2.26. The third kappa shape index (κ3) is 3.74. The number of aromatic nitrogens is 4. The van der Waals surface area contributed by atoms with E-state index in [1.807, 2.05) is 45.6 Å². The minimum absolute atomic E-state index is 0.364. The molecule has 2 aromatic heterocycles. The molecule has 6 nitrogen and oxygen atoms in total. The van der Waals surface area contributed by atoms with Crippen LogP contribution in [0.15, 0.2) is 73.1 Å². The van der Waals surface area contributed by atoms with Crippen LogP contribution in [0.5, 0.6) is 5.75 Å². The first-order chi connectivity index (χ1) is 15.7. The first kappa shape index (κ1) is 20.6. The van der Waals surface area contributed by atoms with E-state index in [0.717, 1.165) is 35.7 Å². The number of benzene rings is 2. The van der Waals surface area contributed by atoms with Crippen LogP contribution in [0, 0.1) is 4.77 Å². The first-order valence-electron chi connectivity index (χ1n) is 10.7. The molecule has 0 bridgehead atoms. The summed E-state index contributed by atoms with van der Waals surface area (Å²) in [7, 11) is 3.81. The number of pyridine rings is 1. The molecule has 1 atom stereocenters. The van der Waals surface area contributed by atoms with E-state index in [1.54, 1.807) is 19.5 Å². The molecule has 1 aliphatic rings. The fraction of sp³-hybridized carbons (Fsp3) is 0.240. The zero-order valence-electron chi connectivity index (χ0n) is 18.2. The Kier molecular flexibility index (Phi) is 5.59. The molecule has 5 rings (SSSR count). The van der Waals surface area contributed by atoms with E-state index < -0.39 is 0 Å². The van der Waals surface area contributed by atoms with Gasteiger partial charge in [-0.2, -0.15) is 0 Å². The van der Waals surface area contributed by atoms with E-state index in [2.05, 4.69) is 41.2 Å². The van der Waals surface area contributed by atoms with Gasteiger partial charge in [0.15, 0.2) is 5.82 Å². The number of nitrogens with zero attached hydrogens (tertiary/aromatic N) is 5. The zero-order chi connectivity index (χ0) is 22.1. The summed E-state index contributed by atoms with van der Waals surface area (Å²) in [5.41, 5.74) is 4.76. The van der Waals surface area contributed by atoms with Gasteiger partial charge < -0.3 is 4.74 Å². The fourth-order valence-corrected chi connectivity index (χ4v) is 4.74. The fourth-order valence-electron chi connectivity index (χ4n) is 4.45. The molecule has 0 amide bonds. The van der Waals surface area contributed by atoms with Crippen LogP contribution < -0.4 is 4.74 Å². The SMILES string of the molecule is COc1ccc(-n2c(-c3ccncc3)nn(CN(C)C3CCc4ccccc43)c2=S)cc1. The van der Waals surface area contributed by atoms with Crippen molar-refractivity contribution in [1.29, 1.82) is 0 Å². The van der Waals surface area contributed by atoms with Crippen LogP contribution >= 0.6 is 12.2 Å². The predicted octanol–water partition coefficient (Wildman–Crippen LogP) is 5.05. The summed E-state index contributed by atoms with van der Waals surface area (Å²) in [4.78, 5) is 6.49. The van der Waals surface area contributed by atoms with Crippen LogP contribution in [0.3, 0.4) is 0 Å². The summed E-state index contributed by atoms with van der Waals surface area (Å²) in [6, 6.07) is 20.9. The van der Waals surface area contributed by atoms with Crippen LogP contribution in [-0.4, -0.2) is 38.4 Å². The Morgan fingerprint density at radius 1 is 1.06 bits per heavy atom. The van der Waals surface area contributed by atoms with Crippen molar-refractivity contribution in [2.45, 2.75) is 25.6 Å². The van der Waals surface area contributed by atoms with Gasteiger partial charge in [-0.1, -0.05) is 24.3 Å². The third-order valence-corrected chi connectivity index (χ3v) is 6.49. The topological polar surface area (TPSA) is 48.1 Å². The third-order valence-electron chi connectivity index (χ3n) is 6.10. The highest BCUT2D eigenvalue weighted by atomic mass is 32.1. The van der Waals surface area contributed by atoms with Crippen molar-refractivity contribution in [2.24, 2.45) is 0 Å². The van der Waals surface area contributed by atoms with E-state index in [9.17, 15) is 0 Å². The Labute approximate surface area is 192 Å². The smallest absolute Gasteiger partial charge is 0.204 e. The Morgan fingerprint density at radius 3 is 2.56 bits per heavy atom. The number of ether oxygens (including phenoxy) is 1. The highest BCUT2D eigenvalue weighted by Gasteiger charge is 2.26. The molecule has 2 aromatic carbocycles. The number of hydrogen-bond donors (Lipinski definition) is 0. The molecule has 0 saturated heterocycles. The summed E-state index contributed by atoms with van der Waals surface area (Å²) in [5.74, 6) is 1.60. The van der Waals surface area contributed by atoms with Gasteiger partial charge in [0.05, 0.1) is 19.5 Å². The molecule has 7 heteroatoms. The van der Waals surface area contributed by atoms with Crippen LogP contribution in [-0.2, 0) is 13.1 Å². The van der Waals surface area contributed by atoms with Gasteiger partial charge in [0, 0.05) is 24.0 Å². The van der Waals surface area contributed by atoms with Gasteiger partial charge in [-0.3, -0.25) is 14.5 Å². The highest BCUT2D eigenvalue weighted by Crippen LogP contribution is 2.35. The summed E-state index contributed by atoms with van der Waals surface area (Å²) in [5, 5.41) is 4.94. The maximum Gasteiger partial charge on any atom is 0.204 e. The second-order valence-electron chi connectivity index (χ2n) is 8.03. The van der Waals surface area contributed by atoms with Crippen molar-refractivity contribution >= 4 is 12.2 Å². The van der Waals surface area contributed by atoms with E-state index in [1.165, 1.54) is 11.1 Å². The maximum atomic E-state index is 5.92. The van der Waals surface area contributed by atoms with Crippen molar-refractivity contribution in [1.82, 2.24) is 24.2 Å². The van der Waals surface area contributed by atoms with Crippen molar-refractivity contribution in [3.63, 3.8) is 0 Å². The van der Waals surface area contributed by atoms with Crippen LogP contribution in [0.2, 0.25) is 0 Å². The van der Waals surface area contributed by atoms with E-state index in [4.69, 9.17) is 22.1 Å². The van der Waals surface area contributed by atoms with Crippen molar-refractivity contribution in [3.8, 4) is 22.8 Å². The maximum absolute atomic E-state index is 5.92. The van der Waals surface area contributed by atoms with E-state index in [-0.39, 0.29) is 0 Å². The minimum Gasteiger partial charge on any atom is -0.497 e. The lowest BCUT2D eigenvalue weighted by molar-refractivity contribution is 0.182. The monoisotopic (exact) mass is 443 g/mol. The Balaban J connectivity index is 1.53. The average Bonchev–Trinajstić information content (AvgIpc) is 3.41. The molecule has 0 aliphatic heterocycles. The van der Waals surface area contributed by atoms with Crippen LogP contribution in [0.4, 0.5) is 0 Å². The Morgan fingerprint density at radius 2 is 1.81 bits per heavy atom. The highest BCUT2D eigenvalue weighted by molar-refractivity contribution is 7.71. The summed E-state index contributed by atoms with van der Waals surface area (Å²) in [6.45, 7) is 0.610. The molecule has 0 N–H and O–H groups in total. The molecule has 32 heavy (non-hydrogen) atoms. The number of methoxy groups -OCH3 is 1. The zero-order valence-corrected chi connectivity index (χ0v) is 19.0. The van der Waals surface area contributed by atoms with Gasteiger partial charge in [0.2, 0.25) is 4.77 Å². The molecule has 0 saturated carbocycles. The first-order valence-corrected chi connectivity index (χ1v) is 11.1. The summed E-state index contributed by atoms with van der Waals surface area (Å²) >= 11 is 5.92. The normalized spacial score (nSPS) is 15.2. The molecule has 1 unspecified atom stereocenters. The minimum atomic E-state index is 0.364. The molecule has 162 valence electrons. The number of fused-ring (bicyclic) bond motifs is 1. The van der Waals surface area contributed by atoms with Crippen molar-refractivity contribution in [3.05, 3.63) is 89.0 Å². The average molecular weight is 444 g/mol. The Bertz CT molecular complexity index is 1280. The quantitative estimate of drug-likeness (QED) is 0.390. The van der Waals surface area contributed by atoms with Crippen LogP contribution in [0.1, 0.15) is 23.6 Å². The van der Waals surface area contributed by atoms with Crippen molar-refractivity contribution < 1.29 is 4.74 Å². The molecular formula is C25H25N5OS. The molecule has 4 aromatic rings. The van der Waals surface area contributed by atoms with E-state index in [0.29, 0.717) is 17.5 Å². The van der Waals surface area contributed by atoms with Gasteiger partial charge in [0.1, 0.15) is 5.75 Å². The van der Waals surface area contributed by atoms with Gasteiger partial charge in [-0.15, -0.1) is 5.10 Å². The number of rotatable bonds is 6. The van der Waals surface area contributed by atoms with Gasteiger partial charge >= 0.3 is 0 Å². The molecular weight excluding hydrogens is 418 g/mol. The van der Waals surface area contributed by atoms with Crippen molar-refractivity contribution in [2.75, 3.05) is 14.2 Å². The van der Waals surface area contributed by atoms with Gasteiger partial charge in [-0.05, 0) is 79.6 Å².